The number of hydrogen-bond acceptors (Lipinski definition) is 2. The monoisotopic (exact) mass is 70.1 g/mol. The van der Waals surface area contributed by atoms with E-state index in [-0.39, 0.29) is 0 Å². The Labute approximate surface area is 31.3 Å². The Bertz CT molecular complexity index is 57.0. The van der Waals surface area contributed by atoms with Gasteiger partial charge < -0.3 is 0 Å². The van der Waals surface area contributed by atoms with E-state index < -0.39 is 0 Å². The van der Waals surface area contributed by atoms with Crippen molar-refractivity contribution in [1.82, 2.24) is 5.43 Å². The van der Waals surface area contributed by atoms with Crippen molar-refractivity contribution in [3.63, 3.8) is 0 Å². The molecule has 0 aliphatic carbocycles. The second-order valence-electron chi connectivity index (χ2n) is 0.519. The first-order valence-electron chi connectivity index (χ1n) is 1.29. The Hall–Kier alpha value is -0.680. The molecule has 3 N–H and O–H groups in total. The summed E-state index contributed by atoms with van der Waals surface area (Å²) in [7, 11) is 0. The molecule has 0 radical (unpaired) electrons. The van der Waals surface area contributed by atoms with Crippen molar-refractivity contribution in [2.45, 2.75) is 6.92 Å². The normalized spacial score (nSPS) is 4.40. The third kappa shape index (κ3) is 3.32. The first-order chi connectivity index (χ1) is 2.41. The molecule has 0 aliphatic heterocycles. The van der Waals surface area contributed by atoms with Crippen molar-refractivity contribution < 1.29 is 0 Å². The number of hydrogen-bond donors (Lipinski definition) is 2. The van der Waals surface area contributed by atoms with E-state index in [1.165, 1.54) is 0 Å². The molecule has 0 aliphatic rings. The van der Waals surface area contributed by atoms with Crippen LogP contribution >= 0.6 is 0 Å². The molecule has 0 unspecified atom stereocenters. The van der Waals surface area contributed by atoms with Crippen LogP contribution < -0.4 is 11.3 Å². The third-order valence-corrected chi connectivity index (χ3v) is 0.197. The molecule has 0 spiro atoms. The summed E-state index contributed by atoms with van der Waals surface area (Å²) in [5.41, 5.74) is 2.16. The topological polar surface area (TPSA) is 38.0 Å². The van der Waals surface area contributed by atoms with E-state index in [1.807, 2.05) is 0 Å². The van der Waals surface area contributed by atoms with Crippen LogP contribution in [0.1, 0.15) is 6.92 Å². The highest BCUT2D eigenvalue weighted by molar-refractivity contribution is 4.89. The molecular formula is C3H6N2. The van der Waals surface area contributed by atoms with Gasteiger partial charge in [0.25, 0.3) is 0 Å². The Morgan fingerprint density at radius 3 is 2.40 bits per heavy atom. The SMILES string of the molecule is CC#CNN. The predicted octanol–water partition coefficient (Wildman–Crippen LogP) is -0.570. The fourth-order valence-corrected chi connectivity index (χ4v) is 0.0722. The quantitative estimate of drug-likeness (QED) is 0.173. The Balaban J connectivity index is 2.81. The summed E-state index contributed by atoms with van der Waals surface area (Å²) >= 11 is 0. The minimum atomic E-state index is 1.71. The second kappa shape index (κ2) is 3.32. The van der Waals surface area contributed by atoms with Crippen molar-refractivity contribution in [2.75, 3.05) is 0 Å². The van der Waals surface area contributed by atoms with Gasteiger partial charge in [-0.2, -0.15) is 0 Å². The summed E-state index contributed by atoms with van der Waals surface area (Å²) in [5, 5.41) is 0. The van der Waals surface area contributed by atoms with Crippen molar-refractivity contribution in [1.29, 1.82) is 0 Å². The molecule has 0 saturated carbocycles. The van der Waals surface area contributed by atoms with E-state index in [4.69, 9.17) is 5.84 Å². The van der Waals surface area contributed by atoms with Crippen molar-refractivity contribution in [3.05, 3.63) is 0 Å². The van der Waals surface area contributed by atoms with Gasteiger partial charge in [0.1, 0.15) is 0 Å². The highest BCUT2D eigenvalue weighted by atomic mass is 15.2. The maximum Gasteiger partial charge on any atom is 0.0196 e. The Morgan fingerprint density at radius 1 is 1.80 bits per heavy atom. The van der Waals surface area contributed by atoms with Crippen LogP contribution in [0.25, 0.3) is 0 Å². The molecular weight excluding hydrogens is 64.0 g/mol. The zero-order chi connectivity index (χ0) is 4.12. The molecule has 28 valence electrons. The summed E-state index contributed by atoms with van der Waals surface area (Å²) in [6.45, 7) is 1.71. The molecule has 0 atom stereocenters. The first-order valence-corrected chi connectivity index (χ1v) is 1.29. The lowest BCUT2D eigenvalue weighted by atomic mass is 10.8. The smallest absolute Gasteiger partial charge is 0.0196 e. The molecule has 0 aromatic rings. The van der Waals surface area contributed by atoms with Gasteiger partial charge in [-0.1, -0.05) is 5.92 Å². The lowest BCUT2D eigenvalue weighted by Gasteiger charge is -1.69. The molecule has 0 saturated heterocycles. The number of nitrogens with one attached hydrogen (secondary N) is 1. The van der Waals surface area contributed by atoms with Gasteiger partial charge in [-0.25, -0.2) is 5.84 Å². The van der Waals surface area contributed by atoms with Gasteiger partial charge >= 0.3 is 0 Å². The van der Waals surface area contributed by atoms with E-state index in [9.17, 15) is 0 Å². The number of nitrogens with two attached hydrogens (primary N) is 1. The van der Waals surface area contributed by atoms with Crippen LogP contribution in [0, 0.1) is 12.0 Å². The van der Waals surface area contributed by atoms with Crippen LogP contribution in [0.4, 0.5) is 0 Å². The minimum Gasteiger partial charge on any atom is -0.283 e. The second-order valence-corrected chi connectivity index (χ2v) is 0.519. The zero-order valence-corrected chi connectivity index (χ0v) is 3.08. The van der Waals surface area contributed by atoms with Gasteiger partial charge in [0.05, 0.1) is 0 Å². The average Bonchev–Trinajstić information content (AvgIpc) is 1.41. The summed E-state index contributed by atoms with van der Waals surface area (Å²) in [5.74, 6) is 7.25. The fourth-order valence-electron chi connectivity index (χ4n) is 0.0722. The van der Waals surface area contributed by atoms with Crippen molar-refractivity contribution in [2.24, 2.45) is 5.84 Å². The molecule has 0 aromatic carbocycles. The molecule has 0 fully saturated rings. The first kappa shape index (κ1) is 4.32. The molecule has 0 heterocycles. The average molecular weight is 70.1 g/mol. The van der Waals surface area contributed by atoms with E-state index >= 15 is 0 Å². The highest BCUT2D eigenvalue weighted by Crippen LogP contribution is 1.33. The molecule has 0 aromatic heterocycles. The minimum absolute atomic E-state index is 1.71. The maximum absolute atomic E-state index is 4.72. The van der Waals surface area contributed by atoms with Crippen LogP contribution in [0.2, 0.25) is 0 Å². The van der Waals surface area contributed by atoms with Crippen LogP contribution in [0.15, 0.2) is 0 Å². The van der Waals surface area contributed by atoms with Gasteiger partial charge in [-0.3, -0.25) is 5.43 Å². The molecule has 0 bridgehead atoms. The van der Waals surface area contributed by atoms with Gasteiger partial charge in [-0.15, -0.1) is 0 Å². The lowest BCUT2D eigenvalue weighted by molar-refractivity contribution is 1.01. The Morgan fingerprint density at radius 2 is 2.40 bits per heavy atom. The van der Waals surface area contributed by atoms with Gasteiger partial charge in [-0.05, 0) is 6.92 Å². The van der Waals surface area contributed by atoms with Gasteiger partial charge in [0, 0.05) is 6.04 Å². The standard InChI is InChI=1S/C3H6N2/c1-2-3-5-4/h5H,4H2,1H3. The van der Waals surface area contributed by atoms with E-state index in [0.717, 1.165) is 0 Å². The highest BCUT2D eigenvalue weighted by Gasteiger charge is 1.40. The van der Waals surface area contributed by atoms with Gasteiger partial charge in [0.15, 0.2) is 0 Å². The largest absolute Gasteiger partial charge is 0.283 e. The van der Waals surface area contributed by atoms with E-state index in [0.29, 0.717) is 0 Å². The molecule has 0 rings (SSSR count). The summed E-state index contributed by atoms with van der Waals surface area (Å²) < 4.78 is 0. The molecule has 0 amide bonds. The maximum atomic E-state index is 4.72. The number of hydrazine groups is 1. The molecule has 5 heavy (non-hydrogen) atoms. The van der Waals surface area contributed by atoms with Gasteiger partial charge in [0.2, 0.25) is 0 Å². The van der Waals surface area contributed by atoms with Crippen LogP contribution in [-0.2, 0) is 0 Å². The van der Waals surface area contributed by atoms with Crippen LogP contribution in [-0.4, -0.2) is 0 Å². The third-order valence-electron chi connectivity index (χ3n) is 0.197. The van der Waals surface area contributed by atoms with Crippen LogP contribution in [0.5, 0.6) is 0 Å². The summed E-state index contributed by atoms with van der Waals surface area (Å²) in [6.07, 6.45) is 0. The number of rotatable bonds is 0. The zero-order valence-electron chi connectivity index (χ0n) is 3.08. The fraction of sp³-hybridized carbons (Fsp3) is 0.333. The summed E-state index contributed by atoms with van der Waals surface area (Å²) in [4.78, 5) is 0. The molecule has 2 heteroatoms. The lowest BCUT2D eigenvalue weighted by Crippen LogP contribution is -2.13. The Kier molecular flexibility index (Phi) is 2.87. The summed E-state index contributed by atoms with van der Waals surface area (Å²) in [6, 6.07) is 2.39. The predicted molar refractivity (Wildman–Crippen MR) is 20.8 cm³/mol. The van der Waals surface area contributed by atoms with E-state index in [2.05, 4.69) is 17.4 Å². The van der Waals surface area contributed by atoms with Crippen LogP contribution in [0.3, 0.4) is 0 Å². The van der Waals surface area contributed by atoms with E-state index in [1.54, 1.807) is 6.92 Å². The van der Waals surface area contributed by atoms with Crippen molar-refractivity contribution >= 4 is 0 Å². The molecule has 2 nitrogen and oxygen atoms in total. The van der Waals surface area contributed by atoms with Crippen molar-refractivity contribution in [3.8, 4) is 12.0 Å².